The quantitative estimate of drug-likeness (QED) is 0.273. The molecule has 0 aliphatic rings. The summed E-state index contributed by atoms with van der Waals surface area (Å²) in [5.74, 6) is 0. The van der Waals surface area contributed by atoms with Gasteiger partial charge in [-0.1, -0.05) is 6.08 Å². The second-order valence-electron chi connectivity index (χ2n) is 3.46. The molecule has 3 heteroatoms. The molecule has 0 bridgehead atoms. The van der Waals surface area contributed by atoms with Crippen molar-refractivity contribution in [2.24, 2.45) is 0 Å². The minimum Gasteiger partial charge on any atom is -0.304 e. The molecule has 0 aromatic rings. The molecule has 0 aromatic carbocycles. The lowest BCUT2D eigenvalue weighted by Gasteiger charge is -2.18. The van der Waals surface area contributed by atoms with Gasteiger partial charge < -0.3 is 4.90 Å². The Hall–Kier alpha value is -0.380. The molecule has 1 unspecified atom stereocenters. The van der Waals surface area contributed by atoms with Crippen molar-refractivity contribution in [1.29, 1.82) is 0 Å². The molecule has 1 atom stereocenters. The molecule has 0 aliphatic heterocycles. The monoisotopic (exact) mass is 187 g/mol. The predicted octanol–water partition coefficient (Wildman–Crippen LogP) is 2.15. The summed E-state index contributed by atoms with van der Waals surface area (Å²) in [6.45, 7) is 7.33. The second kappa shape index (κ2) is 8.23. The Balaban J connectivity index is 3.29. The van der Waals surface area contributed by atoms with E-state index in [1.807, 2.05) is 20.0 Å². The molecule has 0 rings (SSSR count). The van der Waals surface area contributed by atoms with Gasteiger partial charge in [0.25, 0.3) is 0 Å². The predicted molar refractivity (Wildman–Crippen MR) is 54.7 cm³/mol. The van der Waals surface area contributed by atoms with E-state index in [0.29, 0.717) is 0 Å². The zero-order valence-electron chi connectivity index (χ0n) is 8.70. The van der Waals surface area contributed by atoms with Crippen molar-refractivity contribution in [3.05, 3.63) is 12.7 Å². The second-order valence-corrected chi connectivity index (χ2v) is 3.46. The van der Waals surface area contributed by atoms with E-state index >= 15 is 0 Å². The molecule has 0 spiro atoms. The number of nitrogens with zero attached hydrogens (tertiary/aromatic N) is 1. The molecular weight excluding hydrogens is 166 g/mol. The number of unbranched alkanes of at least 4 members (excludes halogenated alkanes) is 2. The van der Waals surface area contributed by atoms with Crippen LogP contribution < -0.4 is 0 Å². The summed E-state index contributed by atoms with van der Waals surface area (Å²) >= 11 is 0. The average Bonchev–Trinajstić information content (AvgIpc) is 2.12. The summed E-state index contributed by atoms with van der Waals surface area (Å²) in [7, 11) is 2.03. The molecule has 0 aromatic heterocycles. The van der Waals surface area contributed by atoms with E-state index in [1.54, 1.807) is 0 Å². The van der Waals surface area contributed by atoms with Crippen LogP contribution in [0.25, 0.3) is 0 Å². The first-order valence-electron chi connectivity index (χ1n) is 4.80. The first kappa shape index (κ1) is 12.6. The Morgan fingerprint density at radius 2 is 2.23 bits per heavy atom. The summed E-state index contributed by atoms with van der Waals surface area (Å²) in [5, 5.41) is 8.35. The van der Waals surface area contributed by atoms with Gasteiger partial charge in [0, 0.05) is 6.54 Å². The van der Waals surface area contributed by atoms with Crippen LogP contribution in [0.15, 0.2) is 12.7 Å². The molecule has 0 radical (unpaired) electrons. The van der Waals surface area contributed by atoms with E-state index in [2.05, 4.69) is 16.4 Å². The van der Waals surface area contributed by atoms with Crippen molar-refractivity contribution in [3.8, 4) is 0 Å². The molecule has 0 fully saturated rings. The standard InChI is InChI=1S/C10H21NO2/c1-4-5-6-7-8-11(3)9-10(2)13-12/h4,10,12H,1,5-9H2,2-3H3. The van der Waals surface area contributed by atoms with Crippen molar-refractivity contribution >= 4 is 0 Å². The van der Waals surface area contributed by atoms with Crippen molar-refractivity contribution in [1.82, 2.24) is 4.90 Å². The first-order valence-corrected chi connectivity index (χ1v) is 4.80. The van der Waals surface area contributed by atoms with Gasteiger partial charge in [-0.2, -0.15) is 0 Å². The highest BCUT2D eigenvalue weighted by Crippen LogP contribution is 1.99. The Bertz CT molecular complexity index is 128. The maximum atomic E-state index is 8.35. The maximum Gasteiger partial charge on any atom is 0.103 e. The molecule has 78 valence electrons. The highest BCUT2D eigenvalue weighted by Gasteiger charge is 2.05. The number of hydrogen-bond acceptors (Lipinski definition) is 3. The van der Waals surface area contributed by atoms with Crippen LogP contribution in [-0.2, 0) is 4.89 Å². The molecule has 0 saturated heterocycles. The molecule has 3 nitrogen and oxygen atoms in total. The zero-order valence-corrected chi connectivity index (χ0v) is 8.70. The van der Waals surface area contributed by atoms with Crippen molar-refractivity contribution in [2.45, 2.75) is 32.3 Å². The summed E-state index contributed by atoms with van der Waals surface area (Å²) in [5.41, 5.74) is 0. The minimum atomic E-state index is -0.107. The van der Waals surface area contributed by atoms with E-state index in [1.165, 1.54) is 12.8 Å². The third kappa shape index (κ3) is 7.96. The Morgan fingerprint density at radius 1 is 1.54 bits per heavy atom. The SMILES string of the molecule is C=CCCCCN(C)CC(C)OO. The number of allylic oxidation sites excluding steroid dienone is 1. The van der Waals surface area contributed by atoms with Crippen LogP contribution in [0.5, 0.6) is 0 Å². The Morgan fingerprint density at radius 3 is 2.77 bits per heavy atom. The molecule has 1 N–H and O–H groups in total. The molecule has 13 heavy (non-hydrogen) atoms. The van der Waals surface area contributed by atoms with E-state index in [-0.39, 0.29) is 6.10 Å². The lowest BCUT2D eigenvalue weighted by atomic mass is 10.2. The summed E-state index contributed by atoms with van der Waals surface area (Å²) in [4.78, 5) is 6.35. The molecular formula is C10H21NO2. The van der Waals surface area contributed by atoms with Crippen LogP contribution in [-0.4, -0.2) is 36.4 Å². The largest absolute Gasteiger partial charge is 0.304 e. The van der Waals surface area contributed by atoms with Gasteiger partial charge in [-0.15, -0.1) is 6.58 Å². The third-order valence-corrected chi connectivity index (χ3v) is 1.95. The topological polar surface area (TPSA) is 32.7 Å². The van der Waals surface area contributed by atoms with E-state index < -0.39 is 0 Å². The van der Waals surface area contributed by atoms with Gasteiger partial charge in [-0.05, 0) is 39.8 Å². The summed E-state index contributed by atoms with van der Waals surface area (Å²) in [6, 6.07) is 0. The van der Waals surface area contributed by atoms with Gasteiger partial charge in [0.05, 0.1) is 0 Å². The number of rotatable bonds is 8. The van der Waals surface area contributed by atoms with Crippen LogP contribution >= 0.6 is 0 Å². The normalized spacial score (nSPS) is 13.2. The fraction of sp³-hybridized carbons (Fsp3) is 0.800. The maximum absolute atomic E-state index is 8.35. The summed E-state index contributed by atoms with van der Waals surface area (Å²) < 4.78 is 0. The van der Waals surface area contributed by atoms with Gasteiger partial charge in [-0.25, -0.2) is 4.89 Å². The first-order chi connectivity index (χ1) is 6.20. The lowest BCUT2D eigenvalue weighted by Crippen LogP contribution is -2.29. The number of likely N-dealkylation sites (N-methyl/N-ethyl adjacent to an activating group) is 1. The smallest absolute Gasteiger partial charge is 0.103 e. The van der Waals surface area contributed by atoms with Gasteiger partial charge >= 0.3 is 0 Å². The zero-order chi connectivity index (χ0) is 10.1. The highest BCUT2D eigenvalue weighted by atomic mass is 17.1. The van der Waals surface area contributed by atoms with E-state index in [0.717, 1.165) is 19.5 Å². The fourth-order valence-electron chi connectivity index (χ4n) is 1.23. The third-order valence-electron chi connectivity index (χ3n) is 1.95. The van der Waals surface area contributed by atoms with Crippen molar-refractivity contribution < 1.29 is 10.1 Å². The molecule has 0 heterocycles. The van der Waals surface area contributed by atoms with Crippen LogP contribution in [0.2, 0.25) is 0 Å². The summed E-state index contributed by atoms with van der Waals surface area (Å²) in [6.07, 6.45) is 5.27. The molecule has 0 amide bonds. The highest BCUT2D eigenvalue weighted by molar-refractivity contribution is 4.66. The van der Waals surface area contributed by atoms with Crippen LogP contribution in [0.1, 0.15) is 26.2 Å². The van der Waals surface area contributed by atoms with Gasteiger partial charge in [0.2, 0.25) is 0 Å². The Kier molecular flexibility index (Phi) is 7.99. The number of hydrogen-bond donors (Lipinski definition) is 1. The lowest BCUT2D eigenvalue weighted by molar-refractivity contribution is -0.275. The van der Waals surface area contributed by atoms with Crippen molar-refractivity contribution in [2.75, 3.05) is 20.1 Å². The van der Waals surface area contributed by atoms with E-state index in [4.69, 9.17) is 5.26 Å². The Labute approximate surface area is 80.9 Å². The molecule has 0 saturated carbocycles. The van der Waals surface area contributed by atoms with Crippen LogP contribution in [0.4, 0.5) is 0 Å². The minimum absolute atomic E-state index is 0.107. The fourth-order valence-corrected chi connectivity index (χ4v) is 1.23. The van der Waals surface area contributed by atoms with Gasteiger partial charge in [0.15, 0.2) is 0 Å². The van der Waals surface area contributed by atoms with E-state index in [9.17, 15) is 0 Å². The molecule has 0 aliphatic carbocycles. The van der Waals surface area contributed by atoms with Crippen LogP contribution in [0, 0.1) is 0 Å². The van der Waals surface area contributed by atoms with Gasteiger partial charge in [0.1, 0.15) is 6.10 Å². The van der Waals surface area contributed by atoms with Gasteiger partial charge in [-0.3, -0.25) is 5.26 Å². The van der Waals surface area contributed by atoms with Crippen LogP contribution in [0.3, 0.4) is 0 Å². The average molecular weight is 187 g/mol. The van der Waals surface area contributed by atoms with Crippen molar-refractivity contribution in [3.63, 3.8) is 0 Å².